The summed E-state index contributed by atoms with van der Waals surface area (Å²) in [5, 5.41) is 0. The Labute approximate surface area is 83.0 Å². The first-order valence-electron chi connectivity index (χ1n) is 4.98. The first kappa shape index (κ1) is 7.80. The molecule has 2 unspecified atom stereocenters. The summed E-state index contributed by atoms with van der Waals surface area (Å²) in [6.45, 7) is 0. The lowest BCUT2D eigenvalue weighted by Crippen LogP contribution is -1.83. The van der Waals surface area contributed by atoms with E-state index in [0.29, 0.717) is 11.8 Å². The van der Waals surface area contributed by atoms with Crippen LogP contribution in [0.1, 0.15) is 29.5 Å². The lowest BCUT2D eigenvalue weighted by molar-refractivity contribution is 0.983. The van der Waals surface area contributed by atoms with E-state index in [-0.39, 0.29) is 0 Å². The maximum atomic E-state index is 4.06. The predicted octanol–water partition coefficient (Wildman–Crippen LogP) is 2.68. The third kappa shape index (κ3) is 1.23. The lowest BCUT2D eigenvalue weighted by atomic mass is 10.1. The Hall–Kier alpha value is -1.57. The van der Waals surface area contributed by atoms with Crippen LogP contribution in [0.5, 0.6) is 0 Å². The van der Waals surface area contributed by atoms with Gasteiger partial charge in [0.25, 0.3) is 0 Å². The molecule has 1 aromatic heterocycles. The van der Waals surface area contributed by atoms with Crippen LogP contribution in [0.15, 0.2) is 42.9 Å². The molecule has 2 aromatic rings. The number of H-pyrrole nitrogens is 1. The monoisotopic (exact) mass is 184 g/mol. The van der Waals surface area contributed by atoms with Gasteiger partial charge in [-0.2, -0.15) is 0 Å². The molecule has 1 aliphatic carbocycles. The molecule has 1 aromatic carbocycles. The van der Waals surface area contributed by atoms with Gasteiger partial charge >= 0.3 is 0 Å². The number of hydrogen-bond acceptors (Lipinski definition) is 1. The highest BCUT2D eigenvalue weighted by atomic mass is 14.9. The summed E-state index contributed by atoms with van der Waals surface area (Å²) in [5.74, 6) is 1.37. The smallest absolute Gasteiger partial charge is 0.0921 e. The summed E-state index contributed by atoms with van der Waals surface area (Å²) < 4.78 is 0. The van der Waals surface area contributed by atoms with E-state index in [9.17, 15) is 0 Å². The molecular formula is C12H12N2. The number of benzene rings is 1. The van der Waals surface area contributed by atoms with E-state index in [1.165, 1.54) is 17.7 Å². The van der Waals surface area contributed by atoms with Gasteiger partial charge in [0.15, 0.2) is 0 Å². The van der Waals surface area contributed by atoms with Crippen LogP contribution in [0.2, 0.25) is 0 Å². The van der Waals surface area contributed by atoms with Gasteiger partial charge in [0.05, 0.1) is 6.33 Å². The Balaban J connectivity index is 1.81. The summed E-state index contributed by atoms with van der Waals surface area (Å²) in [6, 6.07) is 10.7. The topological polar surface area (TPSA) is 28.7 Å². The van der Waals surface area contributed by atoms with Crippen molar-refractivity contribution < 1.29 is 0 Å². The van der Waals surface area contributed by atoms with Gasteiger partial charge in [0, 0.05) is 17.8 Å². The number of hydrogen-bond donors (Lipinski definition) is 1. The van der Waals surface area contributed by atoms with Gasteiger partial charge in [-0.05, 0) is 17.9 Å². The molecule has 1 fully saturated rings. The Morgan fingerprint density at radius 3 is 2.71 bits per heavy atom. The number of rotatable bonds is 2. The van der Waals surface area contributed by atoms with E-state index < -0.39 is 0 Å². The van der Waals surface area contributed by atoms with E-state index >= 15 is 0 Å². The summed E-state index contributed by atoms with van der Waals surface area (Å²) in [4.78, 5) is 7.24. The van der Waals surface area contributed by atoms with Crippen LogP contribution in [0.4, 0.5) is 0 Å². The summed E-state index contributed by atoms with van der Waals surface area (Å²) in [6.07, 6.45) is 4.95. The SMILES string of the molecule is c1ccc(C2CC2c2cnc[nH]2)cc1. The van der Waals surface area contributed by atoms with Crippen molar-refractivity contribution in [1.29, 1.82) is 0 Å². The van der Waals surface area contributed by atoms with Crippen LogP contribution in [0.25, 0.3) is 0 Å². The van der Waals surface area contributed by atoms with Crippen molar-refractivity contribution in [2.75, 3.05) is 0 Å². The molecule has 3 rings (SSSR count). The van der Waals surface area contributed by atoms with Crippen molar-refractivity contribution in [2.45, 2.75) is 18.3 Å². The normalized spacial score (nSPS) is 24.9. The second-order valence-electron chi connectivity index (χ2n) is 3.87. The highest BCUT2D eigenvalue weighted by molar-refractivity contribution is 5.32. The molecule has 1 aliphatic rings. The number of aromatic nitrogens is 2. The molecule has 2 heteroatoms. The standard InChI is InChI=1S/C12H12N2/c1-2-4-9(5-3-1)10-6-11(10)12-7-13-8-14-12/h1-5,7-8,10-11H,6H2,(H,13,14). The van der Waals surface area contributed by atoms with Crippen LogP contribution < -0.4 is 0 Å². The zero-order valence-electron chi connectivity index (χ0n) is 7.85. The maximum absolute atomic E-state index is 4.06. The van der Waals surface area contributed by atoms with Crippen molar-refractivity contribution >= 4 is 0 Å². The quantitative estimate of drug-likeness (QED) is 0.763. The van der Waals surface area contributed by atoms with Gasteiger partial charge < -0.3 is 4.98 Å². The van der Waals surface area contributed by atoms with Crippen molar-refractivity contribution in [3.05, 3.63) is 54.1 Å². The minimum Gasteiger partial charge on any atom is -0.348 e. The Morgan fingerprint density at radius 1 is 1.14 bits per heavy atom. The van der Waals surface area contributed by atoms with Gasteiger partial charge in [-0.15, -0.1) is 0 Å². The molecule has 14 heavy (non-hydrogen) atoms. The maximum Gasteiger partial charge on any atom is 0.0921 e. The van der Waals surface area contributed by atoms with Crippen molar-refractivity contribution in [3.63, 3.8) is 0 Å². The van der Waals surface area contributed by atoms with Crippen LogP contribution in [-0.4, -0.2) is 9.97 Å². The molecule has 0 bridgehead atoms. The zero-order chi connectivity index (χ0) is 9.38. The van der Waals surface area contributed by atoms with Crippen molar-refractivity contribution in [3.8, 4) is 0 Å². The van der Waals surface area contributed by atoms with Crippen LogP contribution in [0.3, 0.4) is 0 Å². The van der Waals surface area contributed by atoms with Gasteiger partial charge in [0.2, 0.25) is 0 Å². The molecule has 1 heterocycles. The Morgan fingerprint density at radius 2 is 2.00 bits per heavy atom. The third-order valence-corrected chi connectivity index (χ3v) is 2.94. The average molecular weight is 184 g/mol. The fourth-order valence-corrected chi connectivity index (χ4v) is 2.08. The van der Waals surface area contributed by atoms with Gasteiger partial charge in [-0.3, -0.25) is 0 Å². The molecular weight excluding hydrogens is 172 g/mol. The van der Waals surface area contributed by atoms with Crippen LogP contribution in [-0.2, 0) is 0 Å². The van der Waals surface area contributed by atoms with Gasteiger partial charge in [-0.25, -0.2) is 4.98 Å². The molecule has 1 saturated carbocycles. The van der Waals surface area contributed by atoms with Crippen molar-refractivity contribution in [1.82, 2.24) is 9.97 Å². The highest BCUT2D eigenvalue weighted by Gasteiger charge is 2.40. The zero-order valence-corrected chi connectivity index (χ0v) is 7.85. The molecule has 2 nitrogen and oxygen atoms in total. The van der Waals surface area contributed by atoms with E-state index in [4.69, 9.17) is 0 Å². The van der Waals surface area contributed by atoms with Gasteiger partial charge in [-0.1, -0.05) is 30.3 Å². The van der Waals surface area contributed by atoms with E-state index in [1.807, 2.05) is 6.20 Å². The minimum absolute atomic E-state index is 0.667. The molecule has 2 atom stereocenters. The molecule has 0 spiro atoms. The molecule has 0 radical (unpaired) electrons. The van der Waals surface area contributed by atoms with Crippen LogP contribution in [0, 0.1) is 0 Å². The molecule has 0 aliphatic heterocycles. The minimum atomic E-state index is 0.667. The molecule has 70 valence electrons. The first-order chi connectivity index (χ1) is 6.95. The summed E-state index contributed by atoms with van der Waals surface area (Å²) in [7, 11) is 0. The lowest BCUT2D eigenvalue weighted by Gasteiger charge is -1.97. The van der Waals surface area contributed by atoms with E-state index in [0.717, 1.165) is 0 Å². The van der Waals surface area contributed by atoms with Crippen molar-refractivity contribution in [2.24, 2.45) is 0 Å². The average Bonchev–Trinajstić information content (AvgIpc) is 2.87. The van der Waals surface area contributed by atoms with Gasteiger partial charge in [0.1, 0.15) is 0 Å². The predicted molar refractivity (Wildman–Crippen MR) is 55.1 cm³/mol. The first-order valence-corrected chi connectivity index (χ1v) is 4.98. The van der Waals surface area contributed by atoms with E-state index in [1.54, 1.807) is 6.33 Å². The second-order valence-corrected chi connectivity index (χ2v) is 3.87. The molecule has 0 amide bonds. The number of aromatic amines is 1. The molecule has 1 N–H and O–H groups in total. The Bertz CT molecular complexity index is 405. The largest absolute Gasteiger partial charge is 0.348 e. The highest BCUT2D eigenvalue weighted by Crippen LogP contribution is 2.53. The number of nitrogens with one attached hydrogen (secondary N) is 1. The number of imidazole rings is 1. The fourth-order valence-electron chi connectivity index (χ4n) is 2.08. The Kier molecular flexibility index (Phi) is 1.66. The van der Waals surface area contributed by atoms with Crippen LogP contribution >= 0.6 is 0 Å². The van der Waals surface area contributed by atoms with E-state index in [2.05, 4.69) is 40.3 Å². The summed E-state index contributed by atoms with van der Waals surface area (Å²) >= 11 is 0. The number of nitrogens with zero attached hydrogens (tertiary/aromatic N) is 1. The fraction of sp³-hybridized carbons (Fsp3) is 0.250. The summed E-state index contributed by atoms with van der Waals surface area (Å²) in [5.41, 5.74) is 2.73. The second kappa shape index (κ2) is 2.98. The third-order valence-electron chi connectivity index (χ3n) is 2.94. The molecule has 0 saturated heterocycles.